The Morgan fingerprint density at radius 1 is 1.25 bits per heavy atom. The number of aromatic nitrogens is 2. The maximum Gasteiger partial charge on any atom is 0.202 e. The van der Waals surface area contributed by atoms with Crippen molar-refractivity contribution in [2.75, 3.05) is 45.1 Å². The second-order valence-electron chi connectivity index (χ2n) is 6.74. The summed E-state index contributed by atoms with van der Waals surface area (Å²) in [5, 5.41) is 4.38. The van der Waals surface area contributed by atoms with Crippen molar-refractivity contribution in [1.29, 1.82) is 0 Å². The minimum Gasteiger partial charge on any atom is -0.359 e. The monoisotopic (exact) mass is 297 g/mol. The van der Waals surface area contributed by atoms with Crippen LogP contribution in [0.15, 0.2) is 0 Å². The van der Waals surface area contributed by atoms with Gasteiger partial charge >= 0.3 is 0 Å². The van der Waals surface area contributed by atoms with Gasteiger partial charge in [0.2, 0.25) is 5.13 Å². The molecule has 2 heterocycles. The number of likely N-dealkylation sites (N-methyl/N-ethyl adjacent to an activating group) is 1. The predicted octanol–water partition coefficient (Wildman–Crippen LogP) is 1.88. The minimum atomic E-state index is 0.0273. The summed E-state index contributed by atoms with van der Waals surface area (Å²) in [5.41, 5.74) is 0.0273. The van der Waals surface area contributed by atoms with Crippen LogP contribution in [0, 0.1) is 0 Å². The van der Waals surface area contributed by atoms with E-state index in [4.69, 9.17) is 0 Å². The third kappa shape index (κ3) is 4.14. The van der Waals surface area contributed by atoms with Crippen LogP contribution in [0.2, 0.25) is 0 Å². The zero-order valence-corrected chi connectivity index (χ0v) is 14.1. The largest absolute Gasteiger partial charge is 0.359 e. The molecule has 0 aliphatic carbocycles. The number of nitrogens with zero attached hydrogens (tertiary/aromatic N) is 4. The molecule has 1 N–H and O–H groups in total. The molecule has 0 saturated carbocycles. The van der Waals surface area contributed by atoms with Crippen molar-refractivity contribution in [2.24, 2.45) is 0 Å². The Bertz CT molecular complexity index is 417. The van der Waals surface area contributed by atoms with E-state index in [9.17, 15) is 0 Å². The Hall–Kier alpha value is -0.720. The maximum absolute atomic E-state index is 4.58. The number of nitrogens with one attached hydrogen (secondary N) is 1. The molecule has 0 amide bonds. The molecule has 1 aliphatic rings. The van der Waals surface area contributed by atoms with Crippen LogP contribution in [0.5, 0.6) is 0 Å². The van der Waals surface area contributed by atoms with Crippen LogP contribution in [0.4, 0.5) is 5.13 Å². The van der Waals surface area contributed by atoms with Gasteiger partial charge in [-0.15, -0.1) is 0 Å². The molecule has 0 bridgehead atoms. The predicted molar refractivity (Wildman–Crippen MR) is 85.6 cm³/mol. The van der Waals surface area contributed by atoms with Crippen molar-refractivity contribution >= 4 is 16.7 Å². The minimum absolute atomic E-state index is 0.0273. The summed E-state index contributed by atoms with van der Waals surface area (Å²) in [5.74, 6) is 0.928. The van der Waals surface area contributed by atoms with Gasteiger partial charge in [0.25, 0.3) is 0 Å². The first-order chi connectivity index (χ1) is 9.36. The molecule has 1 aromatic heterocycles. The van der Waals surface area contributed by atoms with Gasteiger partial charge in [0.05, 0.1) is 0 Å². The molecule has 1 saturated heterocycles. The lowest BCUT2D eigenvalue weighted by atomic mass is 9.96. The Morgan fingerprint density at radius 3 is 2.45 bits per heavy atom. The molecule has 0 radical (unpaired) electrons. The van der Waals surface area contributed by atoms with Crippen LogP contribution in [0.3, 0.4) is 0 Å². The normalized spacial score (nSPS) is 20.1. The Kier molecular flexibility index (Phi) is 4.99. The highest BCUT2D eigenvalue weighted by Gasteiger charge is 2.21. The highest BCUT2D eigenvalue weighted by Crippen LogP contribution is 2.22. The summed E-state index contributed by atoms with van der Waals surface area (Å²) in [6.45, 7) is 14.3. The molecule has 1 aromatic rings. The molecule has 0 spiro atoms. The van der Waals surface area contributed by atoms with E-state index in [1.54, 1.807) is 0 Å². The van der Waals surface area contributed by atoms with Crippen LogP contribution >= 0.6 is 11.5 Å². The van der Waals surface area contributed by atoms with E-state index in [-0.39, 0.29) is 5.41 Å². The number of rotatable bonds is 4. The van der Waals surface area contributed by atoms with Gasteiger partial charge in [0.15, 0.2) is 0 Å². The van der Waals surface area contributed by atoms with E-state index < -0.39 is 0 Å². The Balaban J connectivity index is 1.81. The van der Waals surface area contributed by atoms with Gasteiger partial charge in [-0.1, -0.05) is 20.8 Å². The molecule has 1 aliphatic heterocycles. The number of anilines is 1. The Morgan fingerprint density at radius 2 is 1.90 bits per heavy atom. The molecule has 1 unspecified atom stereocenters. The van der Waals surface area contributed by atoms with Gasteiger partial charge < -0.3 is 10.2 Å². The van der Waals surface area contributed by atoms with Crippen molar-refractivity contribution in [2.45, 2.75) is 39.2 Å². The average molecular weight is 297 g/mol. The molecule has 5 nitrogen and oxygen atoms in total. The first kappa shape index (κ1) is 15.7. The van der Waals surface area contributed by atoms with Crippen LogP contribution in [-0.4, -0.2) is 65.0 Å². The summed E-state index contributed by atoms with van der Waals surface area (Å²) < 4.78 is 4.44. The lowest BCUT2D eigenvalue weighted by Gasteiger charge is -2.36. The summed E-state index contributed by atoms with van der Waals surface area (Å²) in [6.07, 6.45) is 0. The lowest BCUT2D eigenvalue weighted by molar-refractivity contribution is 0.123. The van der Waals surface area contributed by atoms with Crippen LogP contribution in [0.1, 0.15) is 33.5 Å². The van der Waals surface area contributed by atoms with E-state index in [1.807, 2.05) is 0 Å². The zero-order valence-electron chi connectivity index (χ0n) is 13.3. The van der Waals surface area contributed by atoms with Gasteiger partial charge in [-0.3, -0.25) is 4.90 Å². The molecule has 1 fully saturated rings. The van der Waals surface area contributed by atoms with Crippen molar-refractivity contribution in [1.82, 2.24) is 19.2 Å². The van der Waals surface area contributed by atoms with Crippen molar-refractivity contribution < 1.29 is 0 Å². The summed E-state index contributed by atoms with van der Waals surface area (Å²) >= 11 is 1.47. The Labute approximate surface area is 126 Å². The standard InChI is InChI=1S/C14H27N5S/c1-11(19-8-6-18(5)7-9-19)10-15-13-16-12(17-20-13)14(2,3)4/h11H,6-10H2,1-5H3,(H,15,16,17). The molecule has 1 atom stereocenters. The lowest BCUT2D eigenvalue weighted by Crippen LogP contribution is -2.49. The van der Waals surface area contributed by atoms with E-state index in [1.165, 1.54) is 11.5 Å². The first-order valence-corrected chi connectivity index (χ1v) is 8.14. The van der Waals surface area contributed by atoms with Gasteiger partial charge in [0.1, 0.15) is 5.82 Å². The van der Waals surface area contributed by atoms with E-state index in [0.717, 1.165) is 43.7 Å². The molecule has 6 heteroatoms. The number of piperazine rings is 1. The average Bonchev–Trinajstić information content (AvgIpc) is 2.85. The molecule has 0 aromatic carbocycles. The van der Waals surface area contributed by atoms with E-state index in [0.29, 0.717) is 6.04 Å². The van der Waals surface area contributed by atoms with Gasteiger partial charge in [-0.05, 0) is 14.0 Å². The third-order valence-electron chi connectivity index (χ3n) is 3.81. The summed E-state index contributed by atoms with van der Waals surface area (Å²) in [6, 6.07) is 0.533. The molecular weight excluding hydrogens is 270 g/mol. The fourth-order valence-corrected chi connectivity index (χ4v) is 2.99. The second-order valence-corrected chi connectivity index (χ2v) is 7.49. The SMILES string of the molecule is CC(CNc1nc(C(C)(C)C)ns1)N1CCN(C)CC1. The van der Waals surface area contributed by atoms with Crippen LogP contribution in [-0.2, 0) is 5.41 Å². The second kappa shape index (κ2) is 6.37. The zero-order chi connectivity index (χ0) is 14.8. The number of hydrogen-bond donors (Lipinski definition) is 1. The van der Waals surface area contributed by atoms with Gasteiger partial charge in [-0.25, -0.2) is 4.98 Å². The maximum atomic E-state index is 4.58. The molecule has 20 heavy (non-hydrogen) atoms. The summed E-state index contributed by atoms with van der Waals surface area (Å²) in [4.78, 5) is 9.51. The topological polar surface area (TPSA) is 44.3 Å². The molecule has 2 rings (SSSR count). The van der Waals surface area contributed by atoms with Crippen molar-refractivity contribution in [3.8, 4) is 0 Å². The van der Waals surface area contributed by atoms with Crippen molar-refractivity contribution in [3.63, 3.8) is 0 Å². The van der Waals surface area contributed by atoms with Gasteiger partial charge in [0, 0.05) is 55.7 Å². The van der Waals surface area contributed by atoms with E-state index in [2.05, 4.69) is 59.2 Å². The molecular formula is C14H27N5S. The van der Waals surface area contributed by atoms with Crippen LogP contribution < -0.4 is 5.32 Å². The van der Waals surface area contributed by atoms with Crippen LogP contribution in [0.25, 0.3) is 0 Å². The smallest absolute Gasteiger partial charge is 0.202 e. The first-order valence-electron chi connectivity index (χ1n) is 7.37. The fourth-order valence-electron chi connectivity index (χ4n) is 2.23. The number of hydrogen-bond acceptors (Lipinski definition) is 6. The third-order valence-corrected chi connectivity index (χ3v) is 4.48. The molecule has 114 valence electrons. The summed E-state index contributed by atoms with van der Waals surface area (Å²) in [7, 11) is 2.19. The van der Waals surface area contributed by atoms with E-state index >= 15 is 0 Å². The quantitative estimate of drug-likeness (QED) is 0.919. The highest BCUT2D eigenvalue weighted by molar-refractivity contribution is 7.09. The van der Waals surface area contributed by atoms with Crippen molar-refractivity contribution in [3.05, 3.63) is 5.82 Å². The van der Waals surface area contributed by atoms with Gasteiger partial charge in [-0.2, -0.15) is 4.37 Å². The highest BCUT2D eigenvalue weighted by atomic mass is 32.1. The fraction of sp³-hybridized carbons (Fsp3) is 0.857.